The zero-order chi connectivity index (χ0) is 11.5. The molecule has 90 valence electrons. The molecule has 0 atom stereocenters. The highest BCUT2D eigenvalue weighted by Gasteiger charge is 2.02. The van der Waals surface area contributed by atoms with Gasteiger partial charge in [-0.3, -0.25) is 0 Å². The Morgan fingerprint density at radius 3 is 2.60 bits per heavy atom. The van der Waals surface area contributed by atoms with Crippen molar-refractivity contribution in [2.24, 2.45) is 0 Å². The minimum atomic E-state index is -0.284. The third-order valence-corrected chi connectivity index (χ3v) is 2.04. The summed E-state index contributed by atoms with van der Waals surface area (Å²) in [5.41, 5.74) is 0. The largest absolute Gasteiger partial charge is 0.464 e. The van der Waals surface area contributed by atoms with Crippen molar-refractivity contribution >= 4 is 5.97 Å². The van der Waals surface area contributed by atoms with Gasteiger partial charge in [0, 0.05) is 6.54 Å². The van der Waals surface area contributed by atoms with Gasteiger partial charge in [0.15, 0.2) is 0 Å². The van der Waals surface area contributed by atoms with Crippen molar-refractivity contribution in [1.29, 1.82) is 0 Å². The van der Waals surface area contributed by atoms with Crippen molar-refractivity contribution in [1.82, 2.24) is 4.90 Å². The fraction of sp³-hybridized carbons (Fsp3) is 0.909. The lowest BCUT2D eigenvalue weighted by atomic mass is 10.3. The molecule has 0 unspecified atom stereocenters. The van der Waals surface area contributed by atoms with E-state index >= 15 is 0 Å². The zero-order valence-electron chi connectivity index (χ0n) is 10.1. The molecule has 15 heavy (non-hydrogen) atoms. The maximum atomic E-state index is 10.9. The van der Waals surface area contributed by atoms with E-state index in [0.29, 0.717) is 13.2 Å². The standard InChI is InChI=1S/C11H23NO3/c1-4-6-7-12(3)8-9-14-10-11(13)15-5-2/h4-10H2,1-3H3. The van der Waals surface area contributed by atoms with Crippen LogP contribution in [-0.2, 0) is 14.3 Å². The number of rotatable bonds is 9. The topological polar surface area (TPSA) is 38.8 Å². The Hall–Kier alpha value is -0.610. The molecule has 0 rings (SSSR count). The molecule has 0 spiro atoms. The van der Waals surface area contributed by atoms with E-state index in [2.05, 4.69) is 18.9 Å². The van der Waals surface area contributed by atoms with Crippen molar-refractivity contribution < 1.29 is 14.3 Å². The van der Waals surface area contributed by atoms with Gasteiger partial charge in [-0.05, 0) is 26.9 Å². The second-order valence-electron chi connectivity index (χ2n) is 3.51. The van der Waals surface area contributed by atoms with Gasteiger partial charge < -0.3 is 14.4 Å². The highest BCUT2D eigenvalue weighted by molar-refractivity contribution is 5.70. The molecular formula is C11H23NO3. The number of carbonyl (C=O) groups is 1. The average molecular weight is 217 g/mol. The van der Waals surface area contributed by atoms with Crippen LogP contribution in [0.5, 0.6) is 0 Å². The average Bonchev–Trinajstić information content (AvgIpc) is 2.22. The fourth-order valence-corrected chi connectivity index (χ4v) is 1.12. The minimum absolute atomic E-state index is 0.0649. The molecule has 0 fully saturated rings. The van der Waals surface area contributed by atoms with Crippen LogP contribution in [0.15, 0.2) is 0 Å². The van der Waals surface area contributed by atoms with E-state index in [9.17, 15) is 4.79 Å². The summed E-state index contributed by atoms with van der Waals surface area (Å²) in [6, 6.07) is 0. The normalized spacial score (nSPS) is 10.7. The molecule has 0 aromatic heterocycles. The number of nitrogens with zero attached hydrogens (tertiary/aromatic N) is 1. The van der Waals surface area contributed by atoms with Crippen molar-refractivity contribution in [3.8, 4) is 0 Å². The van der Waals surface area contributed by atoms with Crippen LogP contribution in [0.25, 0.3) is 0 Å². The number of likely N-dealkylation sites (N-methyl/N-ethyl adjacent to an activating group) is 1. The first-order valence-electron chi connectivity index (χ1n) is 5.62. The molecule has 0 amide bonds. The zero-order valence-corrected chi connectivity index (χ0v) is 10.1. The van der Waals surface area contributed by atoms with Crippen molar-refractivity contribution in [2.75, 3.05) is 40.0 Å². The van der Waals surface area contributed by atoms with E-state index in [1.165, 1.54) is 12.8 Å². The van der Waals surface area contributed by atoms with Crippen LogP contribution in [0.4, 0.5) is 0 Å². The van der Waals surface area contributed by atoms with E-state index in [-0.39, 0.29) is 12.6 Å². The number of ether oxygens (including phenoxy) is 2. The predicted octanol–water partition coefficient (Wildman–Crippen LogP) is 1.30. The lowest BCUT2D eigenvalue weighted by Gasteiger charge is -2.15. The van der Waals surface area contributed by atoms with Gasteiger partial charge in [-0.25, -0.2) is 4.79 Å². The third kappa shape index (κ3) is 9.69. The third-order valence-electron chi connectivity index (χ3n) is 2.04. The maximum absolute atomic E-state index is 10.9. The molecule has 0 aromatic carbocycles. The molecular weight excluding hydrogens is 194 g/mol. The van der Waals surface area contributed by atoms with Gasteiger partial charge in [0.1, 0.15) is 6.61 Å². The number of carbonyl (C=O) groups excluding carboxylic acids is 1. The Kier molecular flexibility index (Phi) is 9.52. The first-order valence-corrected chi connectivity index (χ1v) is 5.62. The number of unbranched alkanes of at least 4 members (excludes halogenated alkanes) is 1. The summed E-state index contributed by atoms with van der Waals surface area (Å²) in [5, 5.41) is 0. The van der Waals surface area contributed by atoms with Crippen LogP contribution >= 0.6 is 0 Å². The Balaban J connectivity index is 3.26. The predicted molar refractivity (Wildman–Crippen MR) is 59.9 cm³/mol. The van der Waals surface area contributed by atoms with Gasteiger partial charge >= 0.3 is 5.97 Å². The van der Waals surface area contributed by atoms with E-state index in [1.54, 1.807) is 6.92 Å². The summed E-state index contributed by atoms with van der Waals surface area (Å²) in [4.78, 5) is 13.1. The summed E-state index contributed by atoms with van der Waals surface area (Å²) in [6.45, 7) is 6.97. The molecule has 4 nitrogen and oxygen atoms in total. The second-order valence-corrected chi connectivity index (χ2v) is 3.51. The first kappa shape index (κ1) is 14.4. The number of hydrogen-bond donors (Lipinski definition) is 0. The molecule has 0 N–H and O–H groups in total. The quantitative estimate of drug-likeness (QED) is 0.431. The monoisotopic (exact) mass is 217 g/mol. The Labute approximate surface area is 92.5 Å². The summed E-state index contributed by atoms with van der Waals surface area (Å²) in [7, 11) is 2.06. The molecule has 0 saturated carbocycles. The van der Waals surface area contributed by atoms with Crippen LogP contribution in [0, 0.1) is 0 Å². The smallest absolute Gasteiger partial charge is 0.332 e. The Bertz CT molecular complexity index is 162. The highest BCUT2D eigenvalue weighted by atomic mass is 16.6. The van der Waals surface area contributed by atoms with Gasteiger partial charge in [0.25, 0.3) is 0 Å². The molecule has 0 bridgehead atoms. The Morgan fingerprint density at radius 2 is 2.00 bits per heavy atom. The van der Waals surface area contributed by atoms with Crippen LogP contribution in [0.1, 0.15) is 26.7 Å². The Morgan fingerprint density at radius 1 is 1.27 bits per heavy atom. The van der Waals surface area contributed by atoms with Crippen LogP contribution in [0.2, 0.25) is 0 Å². The summed E-state index contributed by atoms with van der Waals surface area (Å²) in [6.07, 6.45) is 2.41. The lowest BCUT2D eigenvalue weighted by molar-refractivity contribution is -0.148. The van der Waals surface area contributed by atoms with Gasteiger partial charge in [-0.2, -0.15) is 0 Å². The molecule has 0 heterocycles. The van der Waals surface area contributed by atoms with Crippen molar-refractivity contribution in [3.63, 3.8) is 0 Å². The summed E-state index contributed by atoms with van der Waals surface area (Å²) in [5.74, 6) is -0.284. The number of hydrogen-bond acceptors (Lipinski definition) is 4. The molecule has 0 aliphatic carbocycles. The highest BCUT2D eigenvalue weighted by Crippen LogP contribution is 1.91. The van der Waals surface area contributed by atoms with Crippen LogP contribution in [-0.4, -0.2) is 50.8 Å². The van der Waals surface area contributed by atoms with Gasteiger partial charge in [0.2, 0.25) is 0 Å². The van der Waals surface area contributed by atoms with Crippen molar-refractivity contribution in [3.05, 3.63) is 0 Å². The SMILES string of the molecule is CCCCN(C)CCOCC(=O)OCC. The van der Waals surface area contributed by atoms with Gasteiger partial charge in [-0.1, -0.05) is 13.3 Å². The minimum Gasteiger partial charge on any atom is -0.464 e. The molecule has 0 aliphatic rings. The van der Waals surface area contributed by atoms with E-state index in [1.807, 2.05) is 0 Å². The fourth-order valence-electron chi connectivity index (χ4n) is 1.12. The van der Waals surface area contributed by atoms with Crippen LogP contribution in [0.3, 0.4) is 0 Å². The van der Waals surface area contributed by atoms with E-state index in [0.717, 1.165) is 13.1 Å². The maximum Gasteiger partial charge on any atom is 0.332 e. The molecule has 0 saturated heterocycles. The van der Waals surface area contributed by atoms with E-state index in [4.69, 9.17) is 9.47 Å². The molecule has 4 heteroatoms. The molecule has 0 aromatic rings. The molecule has 0 aliphatic heterocycles. The van der Waals surface area contributed by atoms with Crippen LogP contribution < -0.4 is 0 Å². The van der Waals surface area contributed by atoms with Gasteiger partial charge in [-0.15, -0.1) is 0 Å². The first-order chi connectivity index (χ1) is 7.20. The van der Waals surface area contributed by atoms with Gasteiger partial charge in [0.05, 0.1) is 13.2 Å². The second kappa shape index (κ2) is 9.93. The number of esters is 1. The van der Waals surface area contributed by atoms with Crippen molar-refractivity contribution in [2.45, 2.75) is 26.7 Å². The van der Waals surface area contributed by atoms with E-state index < -0.39 is 0 Å². The lowest BCUT2D eigenvalue weighted by Crippen LogP contribution is -2.25. The summed E-state index contributed by atoms with van der Waals surface area (Å²) >= 11 is 0. The molecule has 0 radical (unpaired) electrons. The summed E-state index contributed by atoms with van der Waals surface area (Å²) < 4.78 is 9.92.